The summed E-state index contributed by atoms with van der Waals surface area (Å²) in [5.41, 5.74) is 3.01. The zero-order chi connectivity index (χ0) is 33.6. The van der Waals surface area contributed by atoms with Gasteiger partial charge in [0.1, 0.15) is 11.9 Å². The predicted molar refractivity (Wildman–Crippen MR) is 179 cm³/mol. The third-order valence-corrected chi connectivity index (χ3v) is 9.43. The van der Waals surface area contributed by atoms with Crippen LogP contribution in [0, 0.1) is 0 Å². The van der Waals surface area contributed by atoms with Crippen molar-refractivity contribution in [3.05, 3.63) is 53.3 Å². The van der Waals surface area contributed by atoms with Gasteiger partial charge in [0.05, 0.1) is 17.3 Å². The molecule has 1 aromatic carbocycles. The number of rotatable bonds is 15. The fraction of sp³-hybridized carbons (Fsp3) is 0.514. The Balaban J connectivity index is 0.871. The lowest BCUT2D eigenvalue weighted by Gasteiger charge is -2.27. The van der Waals surface area contributed by atoms with Gasteiger partial charge in [-0.05, 0) is 57.1 Å². The average molecular weight is 657 g/mol. The highest BCUT2D eigenvalue weighted by Crippen LogP contribution is 2.32. The molecular weight excluding hydrogens is 612 g/mol. The number of hydrogen-bond acceptors (Lipinski definition) is 9. The third-order valence-electron chi connectivity index (χ3n) is 9.43. The van der Waals surface area contributed by atoms with Gasteiger partial charge in [-0.25, -0.2) is 4.98 Å². The van der Waals surface area contributed by atoms with Gasteiger partial charge in [0.25, 0.3) is 11.8 Å². The van der Waals surface area contributed by atoms with Crippen molar-refractivity contribution in [3.63, 3.8) is 0 Å². The maximum Gasteiger partial charge on any atom is 0.264 e. The monoisotopic (exact) mass is 656 g/mol. The molecule has 2 fully saturated rings. The van der Waals surface area contributed by atoms with Gasteiger partial charge in [0, 0.05) is 55.0 Å². The van der Waals surface area contributed by atoms with E-state index in [0.717, 1.165) is 86.3 Å². The van der Waals surface area contributed by atoms with Gasteiger partial charge in [-0.15, -0.1) is 0 Å². The van der Waals surface area contributed by atoms with E-state index < -0.39 is 29.7 Å². The topological polar surface area (TPSA) is 167 Å². The molecule has 0 radical (unpaired) electrons. The zero-order valence-electron chi connectivity index (χ0n) is 27.4. The summed E-state index contributed by atoms with van der Waals surface area (Å²) in [6.07, 6.45) is 11.9. The SMILES string of the molecule is CCCc1cc(N[C@@H]2CC[C@@H](NC(=O)CCCCCCCNc3cccc4c3C(=O)N(C3CCC(=O)NC3=O)C4=O)C2)n2nccc2n1. The minimum atomic E-state index is -0.983. The lowest BCUT2D eigenvalue weighted by Crippen LogP contribution is -2.54. The number of amides is 5. The van der Waals surface area contributed by atoms with Crippen LogP contribution in [0.4, 0.5) is 11.5 Å². The van der Waals surface area contributed by atoms with Crippen molar-refractivity contribution in [2.75, 3.05) is 17.2 Å². The molecule has 3 aromatic rings. The zero-order valence-corrected chi connectivity index (χ0v) is 27.4. The van der Waals surface area contributed by atoms with E-state index in [-0.39, 0.29) is 42.0 Å². The highest BCUT2D eigenvalue weighted by Gasteiger charge is 2.45. The van der Waals surface area contributed by atoms with E-state index in [4.69, 9.17) is 0 Å². The molecule has 2 aromatic heterocycles. The van der Waals surface area contributed by atoms with Crippen molar-refractivity contribution >= 4 is 46.7 Å². The first-order chi connectivity index (χ1) is 23.3. The molecule has 254 valence electrons. The standard InChI is InChI=1S/C35H44N8O5/c1-2-9-22-21-29(43-28(38-22)17-19-37-43)39-23-13-14-24(20-23)40-30(44)12-6-4-3-5-7-18-36-26-11-8-10-25-32(26)35(48)42(34(25)47)27-15-16-31(45)41-33(27)46/h8,10-11,17,19,21,23-24,27,36,39H,2-7,9,12-16,18,20H2,1H3,(H,40,44)(H,41,45,46)/t23-,24-,27?/m1/s1. The van der Waals surface area contributed by atoms with Crippen LogP contribution < -0.4 is 21.3 Å². The van der Waals surface area contributed by atoms with Crippen LogP contribution in [0.25, 0.3) is 5.65 Å². The summed E-state index contributed by atoms with van der Waals surface area (Å²) in [4.78, 5) is 68.5. The number of unbranched alkanes of at least 4 members (excludes halogenated alkanes) is 4. The fourth-order valence-corrected chi connectivity index (χ4v) is 7.03. The molecule has 13 nitrogen and oxygen atoms in total. The summed E-state index contributed by atoms with van der Waals surface area (Å²) in [6.45, 7) is 2.77. The second-order valence-electron chi connectivity index (χ2n) is 13.0. The number of fused-ring (bicyclic) bond motifs is 2. The molecule has 1 saturated heterocycles. The summed E-state index contributed by atoms with van der Waals surface area (Å²) in [5, 5.41) is 16.8. The highest BCUT2D eigenvalue weighted by molar-refractivity contribution is 6.25. The molecule has 4 N–H and O–H groups in total. The summed E-state index contributed by atoms with van der Waals surface area (Å²) >= 11 is 0. The molecular formula is C35H44N8O5. The smallest absolute Gasteiger partial charge is 0.264 e. The number of imide groups is 2. The van der Waals surface area contributed by atoms with Crippen molar-refractivity contribution in [1.82, 2.24) is 30.1 Å². The van der Waals surface area contributed by atoms with E-state index in [1.165, 1.54) is 0 Å². The van der Waals surface area contributed by atoms with E-state index in [0.29, 0.717) is 18.7 Å². The number of benzene rings is 1. The van der Waals surface area contributed by atoms with Gasteiger partial charge in [-0.1, -0.05) is 38.7 Å². The van der Waals surface area contributed by atoms with Crippen LogP contribution in [0.15, 0.2) is 36.5 Å². The van der Waals surface area contributed by atoms with E-state index in [2.05, 4.69) is 44.3 Å². The summed E-state index contributed by atoms with van der Waals surface area (Å²) < 4.78 is 1.84. The first-order valence-corrected chi connectivity index (χ1v) is 17.3. The summed E-state index contributed by atoms with van der Waals surface area (Å²) in [5.74, 6) is -0.983. The maximum atomic E-state index is 13.2. The third kappa shape index (κ3) is 7.34. The average Bonchev–Trinajstić information content (AvgIpc) is 3.78. The lowest BCUT2D eigenvalue weighted by atomic mass is 10.0. The van der Waals surface area contributed by atoms with E-state index in [9.17, 15) is 24.0 Å². The van der Waals surface area contributed by atoms with Crippen molar-refractivity contribution < 1.29 is 24.0 Å². The Kier molecular flexibility index (Phi) is 10.3. The fourth-order valence-electron chi connectivity index (χ4n) is 7.03. The Morgan fingerprint density at radius 2 is 1.79 bits per heavy atom. The molecule has 13 heteroatoms. The number of carbonyl (C=O) groups is 5. The largest absolute Gasteiger partial charge is 0.384 e. The van der Waals surface area contributed by atoms with Crippen LogP contribution in [0.5, 0.6) is 0 Å². The molecule has 3 aliphatic rings. The number of nitrogens with zero attached hydrogens (tertiary/aromatic N) is 4. The van der Waals surface area contributed by atoms with Crippen molar-refractivity contribution in [3.8, 4) is 0 Å². The second kappa shape index (κ2) is 15.0. The van der Waals surface area contributed by atoms with Crippen LogP contribution >= 0.6 is 0 Å². The van der Waals surface area contributed by atoms with Crippen molar-refractivity contribution in [2.24, 2.45) is 0 Å². The maximum absolute atomic E-state index is 13.2. The van der Waals surface area contributed by atoms with Crippen molar-refractivity contribution in [1.29, 1.82) is 0 Å². The Labute approximate surface area is 279 Å². The Bertz CT molecular complexity index is 1700. The first kappa shape index (κ1) is 33.1. The number of carbonyl (C=O) groups excluding carboxylic acids is 5. The van der Waals surface area contributed by atoms with Gasteiger partial charge in [-0.2, -0.15) is 9.61 Å². The molecule has 1 aliphatic carbocycles. The van der Waals surface area contributed by atoms with E-state index >= 15 is 0 Å². The number of piperidine rings is 1. The lowest BCUT2D eigenvalue weighted by molar-refractivity contribution is -0.136. The van der Waals surface area contributed by atoms with Crippen LogP contribution in [0.3, 0.4) is 0 Å². The van der Waals surface area contributed by atoms with Crippen LogP contribution in [-0.2, 0) is 20.8 Å². The number of aryl methyl sites for hydroxylation is 1. The van der Waals surface area contributed by atoms with Crippen LogP contribution in [0.1, 0.15) is 110 Å². The van der Waals surface area contributed by atoms with Crippen LogP contribution in [0.2, 0.25) is 0 Å². The van der Waals surface area contributed by atoms with E-state index in [1.54, 1.807) is 24.4 Å². The minimum absolute atomic E-state index is 0.0854. The van der Waals surface area contributed by atoms with Gasteiger partial charge in [0.2, 0.25) is 17.7 Å². The molecule has 0 bridgehead atoms. The van der Waals surface area contributed by atoms with Gasteiger partial charge in [-0.3, -0.25) is 34.2 Å². The van der Waals surface area contributed by atoms with Gasteiger partial charge < -0.3 is 16.0 Å². The normalized spacial score (nSPS) is 20.7. The quantitative estimate of drug-likeness (QED) is 0.140. The molecule has 0 spiro atoms. The van der Waals surface area contributed by atoms with Gasteiger partial charge in [0.15, 0.2) is 5.65 Å². The van der Waals surface area contributed by atoms with Crippen LogP contribution in [-0.4, -0.2) is 73.7 Å². The number of anilines is 2. The number of nitrogens with one attached hydrogen (secondary N) is 4. The molecule has 6 rings (SSSR count). The first-order valence-electron chi connectivity index (χ1n) is 17.3. The number of aromatic nitrogens is 3. The molecule has 3 atom stereocenters. The molecule has 4 heterocycles. The molecule has 1 unspecified atom stereocenters. The Hall–Kier alpha value is -4.81. The predicted octanol–water partition coefficient (Wildman–Crippen LogP) is 3.98. The van der Waals surface area contributed by atoms with Gasteiger partial charge >= 0.3 is 0 Å². The highest BCUT2D eigenvalue weighted by atomic mass is 16.2. The minimum Gasteiger partial charge on any atom is -0.384 e. The number of hydrogen-bond donors (Lipinski definition) is 4. The Morgan fingerprint density at radius 3 is 2.62 bits per heavy atom. The Morgan fingerprint density at radius 1 is 0.979 bits per heavy atom. The molecule has 48 heavy (non-hydrogen) atoms. The molecule has 1 saturated carbocycles. The summed E-state index contributed by atoms with van der Waals surface area (Å²) in [6, 6.07) is 8.54. The molecule has 5 amide bonds. The van der Waals surface area contributed by atoms with Crippen molar-refractivity contribution in [2.45, 2.75) is 109 Å². The summed E-state index contributed by atoms with van der Waals surface area (Å²) in [7, 11) is 0. The second-order valence-corrected chi connectivity index (χ2v) is 13.0. The van der Waals surface area contributed by atoms with E-state index in [1.807, 2.05) is 10.6 Å². The molecule has 2 aliphatic heterocycles.